The standard InChI is InChI=1S/C72H118O6/c1-4-7-10-13-16-19-22-25-27-29-31-32-33-34-35-36-37-38-39-40-42-43-45-47-50-53-56-59-62-65-71(74)77-68-69(67-76-70(73)64-61-58-55-52-49-24-21-18-15-12-9-6-3)78-72(75)66-63-60-57-54-51-48-46-44-41-30-28-26-23-20-17-14-11-8-5-2/h7-8,10-11,16-21,25-28,31-32,34-35,41,44,48,51,69H,4-6,9,12-15,22-24,29-30,33,36-40,42-43,45-47,49-50,52-68H2,1-3H3/b10-7-,11-8-,19-16-,20-17-,21-18-,27-25-,28-26-,32-31-,35-34-,44-41-,51-48-. The van der Waals surface area contributed by atoms with Crippen molar-refractivity contribution < 1.29 is 28.6 Å². The summed E-state index contributed by atoms with van der Waals surface area (Å²) in [4.78, 5) is 38.3. The Morgan fingerprint density at radius 1 is 0.269 bits per heavy atom. The van der Waals surface area contributed by atoms with Gasteiger partial charge in [-0.05, 0) is 135 Å². The van der Waals surface area contributed by atoms with Gasteiger partial charge in [0.1, 0.15) is 13.2 Å². The van der Waals surface area contributed by atoms with Crippen molar-refractivity contribution in [2.45, 2.75) is 290 Å². The second-order valence-corrected chi connectivity index (χ2v) is 20.9. The maximum Gasteiger partial charge on any atom is 0.306 e. The van der Waals surface area contributed by atoms with Gasteiger partial charge in [-0.1, -0.05) is 264 Å². The zero-order valence-electron chi connectivity index (χ0n) is 50.6. The highest BCUT2D eigenvalue weighted by molar-refractivity contribution is 5.71. The third-order valence-electron chi connectivity index (χ3n) is 13.4. The van der Waals surface area contributed by atoms with Crippen molar-refractivity contribution >= 4 is 17.9 Å². The third kappa shape index (κ3) is 62.4. The molecule has 78 heavy (non-hydrogen) atoms. The highest BCUT2D eigenvalue weighted by Crippen LogP contribution is 2.15. The van der Waals surface area contributed by atoms with Gasteiger partial charge in [-0.2, -0.15) is 0 Å². The van der Waals surface area contributed by atoms with Gasteiger partial charge in [0, 0.05) is 19.3 Å². The number of allylic oxidation sites excluding steroid dienone is 22. The largest absolute Gasteiger partial charge is 0.462 e. The summed E-state index contributed by atoms with van der Waals surface area (Å²) in [6.07, 6.45) is 91.8. The van der Waals surface area contributed by atoms with Gasteiger partial charge in [-0.15, -0.1) is 0 Å². The summed E-state index contributed by atoms with van der Waals surface area (Å²) >= 11 is 0. The minimum Gasteiger partial charge on any atom is -0.462 e. The van der Waals surface area contributed by atoms with E-state index in [9.17, 15) is 14.4 Å². The fourth-order valence-electron chi connectivity index (χ4n) is 8.61. The smallest absolute Gasteiger partial charge is 0.306 e. The number of rotatable bonds is 57. The van der Waals surface area contributed by atoms with E-state index in [2.05, 4.69) is 154 Å². The van der Waals surface area contributed by atoms with Gasteiger partial charge in [-0.3, -0.25) is 14.4 Å². The van der Waals surface area contributed by atoms with Crippen LogP contribution in [0.2, 0.25) is 0 Å². The molecule has 0 aromatic rings. The summed E-state index contributed by atoms with van der Waals surface area (Å²) in [5, 5.41) is 0. The zero-order valence-corrected chi connectivity index (χ0v) is 50.6. The van der Waals surface area contributed by atoms with Gasteiger partial charge < -0.3 is 14.2 Å². The molecule has 6 nitrogen and oxygen atoms in total. The average molecular weight is 1080 g/mol. The summed E-state index contributed by atoms with van der Waals surface area (Å²) in [5.41, 5.74) is 0. The molecular weight excluding hydrogens is 961 g/mol. The van der Waals surface area contributed by atoms with Gasteiger partial charge in [-0.25, -0.2) is 0 Å². The molecule has 0 bridgehead atoms. The molecule has 0 saturated heterocycles. The first-order valence-electron chi connectivity index (χ1n) is 32.2. The molecule has 0 saturated carbocycles. The predicted octanol–water partition coefficient (Wildman–Crippen LogP) is 22.2. The van der Waals surface area contributed by atoms with Crippen LogP contribution in [0.3, 0.4) is 0 Å². The molecule has 0 N–H and O–H groups in total. The highest BCUT2D eigenvalue weighted by Gasteiger charge is 2.19. The lowest BCUT2D eigenvalue weighted by Crippen LogP contribution is -2.30. The summed E-state index contributed by atoms with van der Waals surface area (Å²) in [6, 6.07) is 0. The molecule has 0 heterocycles. The first kappa shape index (κ1) is 73.5. The number of ether oxygens (including phenoxy) is 3. The molecule has 0 aromatic carbocycles. The molecule has 1 atom stereocenters. The van der Waals surface area contributed by atoms with Crippen LogP contribution < -0.4 is 0 Å². The van der Waals surface area contributed by atoms with E-state index in [4.69, 9.17) is 14.2 Å². The van der Waals surface area contributed by atoms with E-state index in [0.717, 1.165) is 141 Å². The Kier molecular flexibility index (Phi) is 61.4. The number of carbonyl (C=O) groups excluding carboxylic acids is 3. The molecular formula is C72H118O6. The molecule has 6 heteroatoms. The maximum atomic E-state index is 12.9. The van der Waals surface area contributed by atoms with Gasteiger partial charge in [0.2, 0.25) is 0 Å². The molecule has 0 aliphatic carbocycles. The van der Waals surface area contributed by atoms with E-state index in [1.807, 2.05) is 0 Å². The zero-order chi connectivity index (χ0) is 56.4. The van der Waals surface area contributed by atoms with Crippen LogP contribution in [0.5, 0.6) is 0 Å². The molecule has 442 valence electrons. The van der Waals surface area contributed by atoms with E-state index in [1.165, 1.54) is 103 Å². The average Bonchev–Trinajstić information content (AvgIpc) is 3.44. The van der Waals surface area contributed by atoms with Gasteiger partial charge in [0.15, 0.2) is 6.10 Å². The van der Waals surface area contributed by atoms with Gasteiger partial charge >= 0.3 is 17.9 Å². The van der Waals surface area contributed by atoms with Crippen LogP contribution in [0.25, 0.3) is 0 Å². The molecule has 0 amide bonds. The Bertz CT molecular complexity index is 1670. The lowest BCUT2D eigenvalue weighted by molar-refractivity contribution is -0.167. The SMILES string of the molecule is CC/C=C\C/C=C\C/C=C\C/C=C\C/C=C\CCCCCCCCCCCCCCCC(=O)OCC(COC(=O)CCCCCCC/C=C\CCCCC)OC(=O)CCCCC/C=C\C/C=C\C/C=C\C/C=C\C/C=C\CC. The monoisotopic (exact) mass is 1080 g/mol. The molecule has 0 radical (unpaired) electrons. The molecule has 0 aromatic heterocycles. The van der Waals surface area contributed by atoms with Crippen molar-refractivity contribution in [2.75, 3.05) is 13.2 Å². The Morgan fingerprint density at radius 3 is 0.808 bits per heavy atom. The number of unbranched alkanes of at least 4 members (excludes halogenated alkanes) is 24. The lowest BCUT2D eigenvalue weighted by atomic mass is 10.0. The van der Waals surface area contributed by atoms with E-state index in [1.54, 1.807) is 0 Å². The van der Waals surface area contributed by atoms with Crippen molar-refractivity contribution in [3.8, 4) is 0 Å². The maximum absolute atomic E-state index is 12.9. The molecule has 0 rings (SSSR count). The van der Waals surface area contributed by atoms with Crippen LogP contribution in [-0.2, 0) is 28.6 Å². The number of hydrogen-bond acceptors (Lipinski definition) is 6. The summed E-state index contributed by atoms with van der Waals surface area (Å²) in [7, 11) is 0. The van der Waals surface area contributed by atoms with Crippen molar-refractivity contribution in [3.63, 3.8) is 0 Å². The molecule has 1 unspecified atom stereocenters. The topological polar surface area (TPSA) is 78.9 Å². The highest BCUT2D eigenvalue weighted by atomic mass is 16.6. The molecule has 0 aliphatic rings. The first-order chi connectivity index (χ1) is 38.5. The first-order valence-corrected chi connectivity index (χ1v) is 32.2. The van der Waals surface area contributed by atoms with Crippen molar-refractivity contribution in [2.24, 2.45) is 0 Å². The second-order valence-electron chi connectivity index (χ2n) is 20.9. The lowest BCUT2D eigenvalue weighted by Gasteiger charge is -2.18. The predicted molar refractivity (Wildman–Crippen MR) is 339 cm³/mol. The Labute approximate surface area is 481 Å². The Hall–Kier alpha value is -4.45. The summed E-state index contributed by atoms with van der Waals surface area (Å²) in [6.45, 7) is 6.36. The Balaban J connectivity index is 4.32. The van der Waals surface area contributed by atoms with E-state index in [0.29, 0.717) is 12.8 Å². The fourth-order valence-corrected chi connectivity index (χ4v) is 8.61. The Morgan fingerprint density at radius 2 is 0.500 bits per heavy atom. The quantitative estimate of drug-likeness (QED) is 0.0261. The van der Waals surface area contributed by atoms with E-state index >= 15 is 0 Å². The second kappa shape index (κ2) is 65.1. The number of esters is 3. The van der Waals surface area contributed by atoms with Crippen LogP contribution >= 0.6 is 0 Å². The van der Waals surface area contributed by atoms with Crippen LogP contribution in [0.1, 0.15) is 284 Å². The normalized spacial score (nSPS) is 13.0. The number of carbonyl (C=O) groups is 3. The minimum absolute atomic E-state index is 0.0971. The van der Waals surface area contributed by atoms with Crippen LogP contribution in [0, 0.1) is 0 Å². The molecule has 0 fully saturated rings. The van der Waals surface area contributed by atoms with Crippen molar-refractivity contribution in [1.82, 2.24) is 0 Å². The van der Waals surface area contributed by atoms with Gasteiger partial charge in [0.25, 0.3) is 0 Å². The van der Waals surface area contributed by atoms with Gasteiger partial charge in [0.05, 0.1) is 0 Å². The van der Waals surface area contributed by atoms with Crippen molar-refractivity contribution in [3.05, 3.63) is 134 Å². The summed E-state index contributed by atoms with van der Waals surface area (Å²) < 4.78 is 16.9. The van der Waals surface area contributed by atoms with E-state index < -0.39 is 6.10 Å². The minimum atomic E-state index is -0.804. The van der Waals surface area contributed by atoms with Crippen LogP contribution in [-0.4, -0.2) is 37.2 Å². The third-order valence-corrected chi connectivity index (χ3v) is 13.4. The van der Waals surface area contributed by atoms with E-state index in [-0.39, 0.29) is 37.5 Å². The fraction of sp³-hybridized carbons (Fsp3) is 0.653. The van der Waals surface area contributed by atoms with Crippen molar-refractivity contribution in [1.29, 1.82) is 0 Å². The molecule has 0 spiro atoms. The number of hydrogen-bond donors (Lipinski definition) is 0. The van der Waals surface area contributed by atoms with Crippen LogP contribution in [0.15, 0.2) is 134 Å². The molecule has 0 aliphatic heterocycles. The van der Waals surface area contributed by atoms with Crippen LogP contribution in [0.4, 0.5) is 0 Å². The summed E-state index contributed by atoms with van der Waals surface area (Å²) in [5.74, 6) is -0.938.